The highest BCUT2D eigenvalue weighted by Crippen LogP contribution is 2.35. The lowest BCUT2D eigenvalue weighted by molar-refractivity contribution is -0.137. The number of fused-ring (bicyclic) bond motifs is 1. The topological polar surface area (TPSA) is 128 Å². The summed E-state index contributed by atoms with van der Waals surface area (Å²) in [4.78, 5) is 53.1. The van der Waals surface area contributed by atoms with Crippen molar-refractivity contribution in [2.45, 2.75) is 64.7 Å². The summed E-state index contributed by atoms with van der Waals surface area (Å²) in [5.41, 5.74) is 2.13. The number of aromatic nitrogens is 3. The van der Waals surface area contributed by atoms with Crippen LogP contribution in [0.4, 0.5) is 10.1 Å². The van der Waals surface area contributed by atoms with Gasteiger partial charge in [0.15, 0.2) is 5.65 Å². The Morgan fingerprint density at radius 2 is 1.83 bits per heavy atom. The van der Waals surface area contributed by atoms with Crippen LogP contribution in [0.5, 0.6) is 0 Å². The zero-order valence-corrected chi connectivity index (χ0v) is 27.6. The van der Waals surface area contributed by atoms with Gasteiger partial charge < -0.3 is 19.9 Å². The number of carbonyl (C=O) groups excluding carboxylic acids is 2. The van der Waals surface area contributed by atoms with Crippen LogP contribution in [-0.2, 0) is 14.3 Å². The summed E-state index contributed by atoms with van der Waals surface area (Å²) in [6, 6.07) is 7.87. The van der Waals surface area contributed by atoms with E-state index in [0.29, 0.717) is 69.1 Å². The van der Waals surface area contributed by atoms with Crippen LogP contribution < -0.4 is 16.3 Å². The van der Waals surface area contributed by atoms with E-state index in [9.17, 15) is 14.4 Å². The van der Waals surface area contributed by atoms with Crippen molar-refractivity contribution in [3.8, 4) is 0 Å². The Morgan fingerprint density at radius 3 is 2.57 bits per heavy atom. The Bertz CT molecular complexity index is 1620. The van der Waals surface area contributed by atoms with Crippen LogP contribution in [0.2, 0.25) is 0 Å². The Morgan fingerprint density at radius 1 is 1.06 bits per heavy atom. The number of amides is 2. The molecule has 5 heterocycles. The highest BCUT2D eigenvalue weighted by molar-refractivity contribution is 5.90. The van der Waals surface area contributed by atoms with Gasteiger partial charge in [0.2, 0.25) is 11.8 Å². The molecule has 2 amide bonds. The van der Waals surface area contributed by atoms with Crippen molar-refractivity contribution in [2.24, 2.45) is 5.41 Å². The van der Waals surface area contributed by atoms with Crippen molar-refractivity contribution >= 4 is 28.7 Å². The third-order valence-electron chi connectivity index (χ3n) is 9.58. The summed E-state index contributed by atoms with van der Waals surface area (Å²) in [6.45, 7) is 12.2. The van der Waals surface area contributed by atoms with Gasteiger partial charge in [0.05, 0.1) is 36.9 Å². The maximum Gasteiger partial charge on any atom is 0.327 e. The van der Waals surface area contributed by atoms with Crippen LogP contribution in [0.3, 0.4) is 0 Å². The maximum atomic E-state index is 15.3. The number of ether oxygens (including phenoxy) is 1. The molecule has 0 bridgehead atoms. The van der Waals surface area contributed by atoms with Crippen molar-refractivity contribution < 1.29 is 18.7 Å². The molecule has 3 saturated heterocycles. The fourth-order valence-corrected chi connectivity index (χ4v) is 6.90. The van der Waals surface area contributed by atoms with E-state index < -0.39 is 12.2 Å². The standard InChI is InChI=1S/C34H47FN8O4/c1-34(2,3)11-16-42-31(24-6-4-7-25(35)29(24)36-13-17-40-18-20-47-21-19-40)38-26(32(42)45)22-28(44)41-14-9-23(10-15-41)43-27-8-5-12-37-30(27)39-33(43)46/h4-8,12,23,26,31,36,38H,9-11,13-22H2,1-3H3,(H,37,39,46)/t26-,31?/m1/s1. The molecule has 0 aliphatic carbocycles. The zero-order valence-electron chi connectivity index (χ0n) is 27.6. The van der Waals surface area contributed by atoms with Gasteiger partial charge in [0.1, 0.15) is 12.0 Å². The van der Waals surface area contributed by atoms with Crippen LogP contribution in [0.15, 0.2) is 41.3 Å². The number of aromatic amines is 1. The first-order valence-corrected chi connectivity index (χ1v) is 16.8. The smallest absolute Gasteiger partial charge is 0.327 e. The predicted octanol–water partition coefficient (Wildman–Crippen LogP) is 3.10. The van der Waals surface area contributed by atoms with E-state index in [1.165, 1.54) is 6.07 Å². The predicted molar refractivity (Wildman–Crippen MR) is 177 cm³/mol. The number of morpholine rings is 1. The molecule has 3 aromatic rings. The molecule has 12 nitrogen and oxygen atoms in total. The monoisotopic (exact) mass is 650 g/mol. The third-order valence-corrected chi connectivity index (χ3v) is 9.58. The minimum absolute atomic E-state index is 0.0120. The lowest BCUT2D eigenvalue weighted by atomic mass is 9.92. The first kappa shape index (κ1) is 33.1. The fourth-order valence-electron chi connectivity index (χ4n) is 6.90. The van der Waals surface area contributed by atoms with Crippen molar-refractivity contribution in [1.82, 2.24) is 34.6 Å². The van der Waals surface area contributed by atoms with E-state index in [1.54, 1.807) is 26.6 Å². The molecule has 2 aromatic heterocycles. The van der Waals surface area contributed by atoms with Crippen molar-refractivity contribution in [1.29, 1.82) is 0 Å². The molecule has 47 heavy (non-hydrogen) atoms. The van der Waals surface area contributed by atoms with E-state index in [2.05, 4.69) is 46.3 Å². The van der Waals surface area contributed by atoms with Gasteiger partial charge in [-0.15, -0.1) is 0 Å². The molecule has 13 heteroatoms. The Kier molecular flexibility index (Phi) is 9.95. The molecule has 0 spiro atoms. The lowest BCUT2D eigenvalue weighted by Crippen LogP contribution is -2.43. The number of halogens is 1. The number of para-hydroxylation sites is 1. The minimum Gasteiger partial charge on any atom is -0.381 e. The number of H-pyrrole nitrogens is 1. The number of nitrogens with one attached hydrogen (secondary N) is 3. The number of pyridine rings is 1. The van der Waals surface area contributed by atoms with Gasteiger partial charge in [-0.2, -0.15) is 0 Å². The van der Waals surface area contributed by atoms with E-state index in [4.69, 9.17) is 4.74 Å². The van der Waals surface area contributed by atoms with Crippen LogP contribution in [0, 0.1) is 11.2 Å². The molecule has 3 aliphatic heterocycles. The number of rotatable bonds is 10. The van der Waals surface area contributed by atoms with Crippen LogP contribution in [0.1, 0.15) is 64.2 Å². The molecule has 0 saturated carbocycles. The largest absolute Gasteiger partial charge is 0.381 e. The second-order valence-corrected chi connectivity index (χ2v) is 14.0. The maximum absolute atomic E-state index is 15.3. The van der Waals surface area contributed by atoms with E-state index in [1.807, 2.05) is 18.2 Å². The average molecular weight is 651 g/mol. The minimum atomic E-state index is -0.725. The van der Waals surface area contributed by atoms with Gasteiger partial charge >= 0.3 is 5.69 Å². The molecular weight excluding hydrogens is 603 g/mol. The summed E-state index contributed by atoms with van der Waals surface area (Å²) in [5.74, 6) is -0.632. The third kappa shape index (κ3) is 7.52. The highest BCUT2D eigenvalue weighted by atomic mass is 19.1. The number of anilines is 1. The molecule has 2 atom stereocenters. The van der Waals surface area contributed by atoms with Gasteiger partial charge in [-0.05, 0) is 42.9 Å². The first-order chi connectivity index (χ1) is 22.6. The van der Waals surface area contributed by atoms with Gasteiger partial charge in [-0.25, -0.2) is 14.2 Å². The number of hydrogen-bond acceptors (Lipinski definition) is 8. The summed E-state index contributed by atoms with van der Waals surface area (Å²) in [7, 11) is 0. The number of nitrogens with zero attached hydrogens (tertiary/aromatic N) is 5. The zero-order chi connectivity index (χ0) is 33.1. The fraction of sp³-hybridized carbons (Fsp3) is 0.588. The number of piperidine rings is 1. The quantitative estimate of drug-likeness (QED) is 0.306. The molecule has 3 N–H and O–H groups in total. The number of imidazole rings is 1. The Labute approximate surface area is 274 Å². The van der Waals surface area contributed by atoms with Crippen molar-refractivity contribution in [2.75, 3.05) is 64.3 Å². The van der Waals surface area contributed by atoms with E-state index >= 15 is 4.39 Å². The summed E-state index contributed by atoms with van der Waals surface area (Å²) < 4.78 is 22.5. The summed E-state index contributed by atoms with van der Waals surface area (Å²) >= 11 is 0. The first-order valence-electron chi connectivity index (χ1n) is 16.8. The molecule has 6 rings (SSSR count). The number of benzene rings is 1. The van der Waals surface area contributed by atoms with Gasteiger partial charge in [-0.3, -0.25) is 29.4 Å². The molecule has 1 unspecified atom stereocenters. The van der Waals surface area contributed by atoms with Gasteiger partial charge in [0.25, 0.3) is 0 Å². The van der Waals surface area contributed by atoms with Gasteiger partial charge in [0, 0.05) is 63.6 Å². The molecule has 3 aliphatic rings. The van der Waals surface area contributed by atoms with Crippen LogP contribution in [-0.4, -0.2) is 106 Å². The van der Waals surface area contributed by atoms with Gasteiger partial charge in [-0.1, -0.05) is 32.9 Å². The second kappa shape index (κ2) is 14.1. The van der Waals surface area contributed by atoms with E-state index in [-0.39, 0.29) is 41.2 Å². The highest BCUT2D eigenvalue weighted by Gasteiger charge is 2.42. The normalized spacial score (nSPS) is 21.6. The summed E-state index contributed by atoms with van der Waals surface area (Å²) in [5, 5.41) is 6.73. The van der Waals surface area contributed by atoms with Crippen LogP contribution in [0.25, 0.3) is 11.2 Å². The average Bonchev–Trinajstić information content (AvgIpc) is 3.55. The SMILES string of the molecule is CC(C)(C)CCN1C(=O)[C@@H](CC(=O)N2CCC(n3c(=O)[nH]c4ncccc43)CC2)NC1c1cccc(F)c1NCCN1CCOCC1. The molecule has 0 radical (unpaired) electrons. The van der Waals surface area contributed by atoms with Crippen LogP contribution >= 0.6 is 0 Å². The second-order valence-electron chi connectivity index (χ2n) is 14.0. The molecular formula is C34H47FN8O4. The van der Waals surface area contributed by atoms with E-state index in [0.717, 1.165) is 31.6 Å². The lowest BCUT2D eigenvalue weighted by Gasteiger charge is -2.33. The molecule has 3 fully saturated rings. The Balaban J connectivity index is 1.14. The van der Waals surface area contributed by atoms with Crippen molar-refractivity contribution in [3.63, 3.8) is 0 Å². The number of hydrogen-bond donors (Lipinski definition) is 3. The number of likely N-dealkylation sites (tertiary alicyclic amines) is 1. The Hall–Kier alpha value is -3.81. The molecule has 254 valence electrons. The molecule has 1 aromatic carbocycles. The summed E-state index contributed by atoms with van der Waals surface area (Å²) in [6.07, 6.45) is 3.10. The van der Waals surface area contributed by atoms with Crippen molar-refractivity contribution in [3.05, 3.63) is 58.4 Å². The number of carbonyl (C=O) groups is 2.